The lowest BCUT2D eigenvalue weighted by Gasteiger charge is -2.35. The van der Waals surface area contributed by atoms with Gasteiger partial charge in [0, 0.05) is 48.8 Å². The summed E-state index contributed by atoms with van der Waals surface area (Å²) in [6.07, 6.45) is 0.277. The third-order valence-corrected chi connectivity index (χ3v) is 11.6. The fraction of sp³-hybridized carbons (Fsp3) is 0.476. The van der Waals surface area contributed by atoms with Crippen LogP contribution in [-0.4, -0.2) is 61.3 Å². The molecular weight excluding hydrogens is 753 g/mol. The summed E-state index contributed by atoms with van der Waals surface area (Å²) in [5, 5.41) is 18.2. The molecule has 0 aromatic heterocycles. The molecule has 5 unspecified atom stereocenters. The van der Waals surface area contributed by atoms with E-state index in [0.717, 1.165) is 24.6 Å². The van der Waals surface area contributed by atoms with Crippen molar-refractivity contribution in [3.05, 3.63) is 88.7 Å². The summed E-state index contributed by atoms with van der Waals surface area (Å²) >= 11 is 0. The number of hydrogen-bond acceptors (Lipinski definition) is 6. The van der Waals surface area contributed by atoms with Crippen LogP contribution in [0.3, 0.4) is 0 Å². The first kappa shape index (κ1) is 41.6. The summed E-state index contributed by atoms with van der Waals surface area (Å²) in [6, 6.07) is 5.70. The molecule has 57 heavy (non-hydrogen) atoms. The van der Waals surface area contributed by atoms with E-state index in [4.69, 9.17) is 9.47 Å². The molecule has 1 heterocycles. The second-order valence-electron chi connectivity index (χ2n) is 15.7. The summed E-state index contributed by atoms with van der Waals surface area (Å²) in [5.74, 6) is -6.83. The zero-order valence-electron chi connectivity index (χ0n) is 32.0. The molecule has 0 spiro atoms. The predicted octanol–water partition coefficient (Wildman–Crippen LogP) is 7.33. The number of carboxylic acids is 1. The van der Waals surface area contributed by atoms with Crippen molar-refractivity contribution in [2.24, 2.45) is 35.0 Å². The lowest BCUT2D eigenvalue weighted by atomic mass is 9.79. The highest BCUT2D eigenvalue weighted by molar-refractivity contribution is 5.99. The normalized spacial score (nSPS) is 26.1. The number of alkyl halides is 3. The Labute approximate surface area is 326 Å². The fourth-order valence-corrected chi connectivity index (χ4v) is 8.59. The second kappa shape index (κ2) is 16.4. The maximum absolute atomic E-state index is 15.5. The summed E-state index contributed by atoms with van der Waals surface area (Å²) in [5.41, 5.74) is -1.72. The molecule has 2 aromatic carbocycles. The molecule has 3 amide bonds. The summed E-state index contributed by atoms with van der Waals surface area (Å²) in [4.78, 5) is 53.5. The van der Waals surface area contributed by atoms with Gasteiger partial charge >= 0.3 is 12.1 Å². The smallest absolute Gasteiger partial charge is 0.400 e. The maximum atomic E-state index is 15.5. The Bertz CT molecular complexity index is 2020. The van der Waals surface area contributed by atoms with Gasteiger partial charge < -0.3 is 30.5 Å². The fourth-order valence-electron chi connectivity index (χ4n) is 8.59. The van der Waals surface area contributed by atoms with Crippen LogP contribution >= 0.6 is 0 Å². The number of allylic oxidation sites excluding steroid dienone is 5. The van der Waals surface area contributed by atoms with Crippen LogP contribution < -0.4 is 20.7 Å². The number of nitrogens with one attached hydrogen (secondary N) is 3. The Morgan fingerprint density at radius 3 is 2.32 bits per heavy atom. The van der Waals surface area contributed by atoms with E-state index in [9.17, 15) is 41.8 Å². The van der Waals surface area contributed by atoms with Gasteiger partial charge in [0.2, 0.25) is 11.8 Å². The lowest BCUT2D eigenvalue weighted by Crippen LogP contribution is -2.50. The summed E-state index contributed by atoms with van der Waals surface area (Å²) in [6.45, 7) is 5.44. The molecule has 10 nitrogen and oxygen atoms in total. The van der Waals surface area contributed by atoms with Crippen molar-refractivity contribution >= 4 is 23.7 Å². The first-order valence-corrected chi connectivity index (χ1v) is 19.0. The molecule has 6 atom stereocenters. The predicted molar refractivity (Wildman–Crippen MR) is 199 cm³/mol. The van der Waals surface area contributed by atoms with Crippen LogP contribution in [0.1, 0.15) is 74.8 Å². The number of aliphatic carboxylic acids is 1. The van der Waals surface area contributed by atoms with Crippen molar-refractivity contribution in [1.82, 2.24) is 16.0 Å². The van der Waals surface area contributed by atoms with Crippen molar-refractivity contribution in [3.63, 3.8) is 0 Å². The van der Waals surface area contributed by atoms with Crippen LogP contribution in [0.4, 0.5) is 22.0 Å². The van der Waals surface area contributed by atoms with Crippen LogP contribution in [0.25, 0.3) is 11.1 Å². The van der Waals surface area contributed by atoms with E-state index in [1.54, 1.807) is 0 Å². The van der Waals surface area contributed by atoms with Gasteiger partial charge in [0.05, 0.1) is 18.6 Å². The van der Waals surface area contributed by atoms with Crippen molar-refractivity contribution < 1.29 is 55.7 Å². The van der Waals surface area contributed by atoms with Gasteiger partial charge in [-0.2, -0.15) is 13.2 Å². The SMILES string of the molecule is COc1ccc(-c2cc(C(NC(=O)C3CCOCC3)C(=O)O)ccc2F)cc1C(=O)NC1C2CCC(/C2=C/C(C)C)[C@@H]1C(=O)NC1=CC=C(F)C(C)(C(F)(F)F)C1. The number of amides is 3. The van der Waals surface area contributed by atoms with Gasteiger partial charge in [-0.25, -0.2) is 13.6 Å². The number of methoxy groups -OCH3 is 1. The minimum absolute atomic E-state index is 0.0183. The number of rotatable bonds is 11. The number of fused-ring (bicyclic) bond motifs is 2. The van der Waals surface area contributed by atoms with Crippen molar-refractivity contribution in [2.45, 2.75) is 71.1 Å². The molecule has 3 aliphatic carbocycles. The molecule has 4 N–H and O–H groups in total. The average Bonchev–Trinajstić information content (AvgIpc) is 3.68. The molecule has 4 aliphatic rings. The van der Waals surface area contributed by atoms with Crippen LogP contribution in [0.5, 0.6) is 5.75 Å². The molecule has 6 rings (SSSR count). The molecule has 1 saturated heterocycles. The van der Waals surface area contributed by atoms with Gasteiger partial charge in [0.25, 0.3) is 5.91 Å². The number of halogens is 5. The van der Waals surface area contributed by atoms with Crippen molar-refractivity contribution in [2.75, 3.05) is 20.3 Å². The molecule has 2 aromatic rings. The highest BCUT2D eigenvalue weighted by Crippen LogP contribution is 2.54. The maximum Gasteiger partial charge on any atom is 0.400 e. The Morgan fingerprint density at radius 2 is 1.67 bits per heavy atom. The van der Waals surface area contributed by atoms with E-state index in [1.165, 1.54) is 37.4 Å². The van der Waals surface area contributed by atoms with Gasteiger partial charge in [0.15, 0.2) is 6.04 Å². The quantitative estimate of drug-likeness (QED) is 0.138. The van der Waals surface area contributed by atoms with Crippen LogP contribution in [-0.2, 0) is 19.1 Å². The first-order valence-electron chi connectivity index (χ1n) is 19.0. The number of carbonyl (C=O) groups excluding carboxylic acids is 3. The van der Waals surface area contributed by atoms with E-state index in [2.05, 4.69) is 16.0 Å². The standard InChI is InChI=1S/C42H46F5N3O7/c1-21(2)17-29-26-8-9-27(29)36(34(26)39(53)48-25-7-12-33(44)41(3,20-25)42(45,46)47)50-38(52)30-18-23(6-11-32(30)56-4)28-19-24(5-10-31(28)43)35(40(54)55)49-37(51)22-13-15-57-16-14-22/h5-7,10-12,17-19,21-22,26-27,34-36H,8-9,13-16,20H2,1-4H3,(H,48,53)(H,49,51)(H,50,52)(H,54,55)/b29-17-/t26?,27?,34-,35?,36?,41?/m0/s1. The molecule has 306 valence electrons. The number of hydrogen-bond donors (Lipinski definition) is 4. The molecule has 3 fully saturated rings. The summed E-state index contributed by atoms with van der Waals surface area (Å²) < 4.78 is 82.5. The number of ether oxygens (including phenoxy) is 2. The van der Waals surface area contributed by atoms with Gasteiger partial charge in [-0.3, -0.25) is 14.4 Å². The Balaban J connectivity index is 1.28. The van der Waals surface area contributed by atoms with Crippen LogP contribution in [0, 0.1) is 40.8 Å². The molecule has 2 saturated carbocycles. The molecule has 1 aliphatic heterocycles. The Hall–Kier alpha value is -5.05. The van der Waals surface area contributed by atoms with E-state index in [1.807, 2.05) is 19.9 Å². The van der Waals surface area contributed by atoms with E-state index >= 15 is 4.39 Å². The van der Waals surface area contributed by atoms with Crippen LogP contribution in [0.15, 0.2) is 71.7 Å². The van der Waals surface area contributed by atoms with E-state index in [-0.39, 0.29) is 51.5 Å². The lowest BCUT2D eigenvalue weighted by molar-refractivity contribution is -0.209. The highest BCUT2D eigenvalue weighted by Gasteiger charge is 2.57. The number of carbonyl (C=O) groups is 4. The van der Waals surface area contributed by atoms with E-state index in [0.29, 0.717) is 45.0 Å². The largest absolute Gasteiger partial charge is 0.496 e. The molecule has 0 radical (unpaired) electrons. The topological polar surface area (TPSA) is 143 Å². The molecule has 15 heteroatoms. The minimum Gasteiger partial charge on any atom is -0.496 e. The van der Waals surface area contributed by atoms with Crippen molar-refractivity contribution in [3.8, 4) is 16.9 Å². The van der Waals surface area contributed by atoms with Gasteiger partial charge in [-0.1, -0.05) is 37.6 Å². The summed E-state index contributed by atoms with van der Waals surface area (Å²) in [7, 11) is 1.34. The van der Waals surface area contributed by atoms with Crippen molar-refractivity contribution in [1.29, 1.82) is 0 Å². The monoisotopic (exact) mass is 799 g/mol. The highest BCUT2D eigenvalue weighted by atomic mass is 19.4. The minimum atomic E-state index is -4.91. The zero-order valence-corrected chi connectivity index (χ0v) is 32.0. The third-order valence-electron chi connectivity index (χ3n) is 11.6. The van der Waals surface area contributed by atoms with E-state index < -0.39 is 77.3 Å². The zero-order chi connectivity index (χ0) is 41.4. The molecule has 2 bridgehead atoms. The van der Waals surface area contributed by atoms with Crippen LogP contribution in [0.2, 0.25) is 0 Å². The Kier molecular flexibility index (Phi) is 12.0. The second-order valence-corrected chi connectivity index (χ2v) is 15.7. The first-order chi connectivity index (χ1) is 26.9. The molecular formula is C42H46F5N3O7. The average molecular weight is 800 g/mol. The Morgan fingerprint density at radius 1 is 0.965 bits per heavy atom. The van der Waals surface area contributed by atoms with Gasteiger partial charge in [0.1, 0.15) is 22.8 Å². The van der Waals surface area contributed by atoms with Gasteiger partial charge in [-0.15, -0.1) is 0 Å². The number of benzene rings is 2. The van der Waals surface area contributed by atoms with Gasteiger partial charge in [-0.05, 0) is 92.0 Å². The third kappa shape index (κ3) is 8.35. The number of carboxylic acid groups (broad SMARTS) is 1.